The van der Waals surface area contributed by atoms with Crippen LogP contribution in [0.2, 0.25) is 0 Å². The summed E-state index contributed by atoms with van der Waals surface area (Å²) in [5.74, 6) is 0. The normalized spacial score (nSPS) is 15.0. The molecular weight excluding hydrogens is 297 g/mol. The average Bonchev–Trinajstić information content (AvgIpc) is 2.39. The van der Waals surface area contributed by atoms with E-state index in [1.807, 2.05) is 21.1 Å². The van der Waals surface area contributed by atoms with Crippen LogP contribution < -0.4 is 0 Å². The van der Waals surface area contributed by atoms with Crippen LogP contribution in [-0.2, 0) is 9.09 Å². The first-order valence-corrected chi connectivity index (χ1v) is 10.6. The Labute approximate surface area is 138 Å². The van der Waals surface area contributed by atoms with E-state index in [9.17, 15) is 9.46 Å². The van der Waals surface area contributed by atoms with Crippen molar-refractivity contribution in [3.63, 3.8) is 0 Å². The zero-order valence-corrected chi connectivity index (χ0v) is 16.0. The van der Waals surface area contributed by atoms with Gasteiger partial charge in [0.2, 0.25) is 0 Å². The maximum absolute atomic E-state index is 11.9. The van der Waals surface area contributed by atoms with E-state index in [4.69, 9.17) is 4.52 Å². The number of likely N-dealkylation sites (N-methyl/N-ethyl adjacent to an activating group) is 1. The maximum atomic E-state index is 11.9. The van der Waals surface area contributed by atoms with Gasteiger partial charge in [-0.3, -0.25) is 4.57 Å². The molecule has 0 saturated carbocycles. The van der Waals surface area contributed by atoms with Crippen LogP contribution in [0.3, 0.4) is 0 Å². The molecule has 22 heavy (non-hydrogen) atoms. The van der Waals surface area contributed by atoms with E-state index in [0.717, 1.165) is 36.7 Å². The Morgan fingerprint density at radius 2 is 1.36 bits per heavy atom. The first-order valence-electron chi connectivity index (χ1n) is 8.83. The molecule has 1 atom stereocenters. The Kier molecular flexibility index (Phi) is 12.6. The summed E-state index contributed by atoms with van der Waals surface area (Å²) in [5, 5.41) is 0. The molecule has 0 spiro atoms. The highest BCUT2D eigenvalue weighted by Gasteiger charge is 2.20. The third-order valence-electron chi connectivity index (χ3n) is 3.75. The predicted octanol–water partition coefficient (Wildman–Crippen LogP) is 4.63. The van der Waals surface area contributed by atoms with Crippen molar-refractivity contribution < 1.29 is 18.5 Å². The van der Waals surface area contributed by atoms with E-state index in [1.54, 1.807) is 0 Å². The second kappa shape index (κ2) is 12.5. The molecule has 4 nitrogen and oxygen atoms in total. The van der Waals surface area contributed by atoms with Gasteiger partial charge in [0, 0.05) is 6.16 Å². The number of quaternary nitrogens is 1. The fourth-order valence-corrected chi connectivity index (χ4v) is 3.37. The lowest BCUT2D eigenvalue weighted by Crippen LogP contribution is -2.37. The molecule has 0 heterocycles. The van der Waals surface area contributed by atoms with Crippen LogP contribution >= 0.6 is 7.60 Å². The largest absolute Gasteiger partial charge is 0.329 e. The molecule has 0 aromatic rings. The monoisotopic (exact) mass is 335 g/mol. The molecule has 1 unspecified atom stereocenters. The standard InChI is InChI=1S/C17H37NO3P/c1-5-6-7-8-9-10-11-12-13-14-17-22(19,20)21-16-15-18(2,3)4/h1,5-17H2,2-4H3/p+1. The van der Waals surface area contributed by atoms with Crippen LogP contribution in [0.1, 0.15) is 64.2 Å². The molecule has 1 N–H and O–H groups in total. The van der Waals surface area contributed by atoms with E-state index >= 15 is 0 Å². The topological polar surface area (TPSA) is 46.5 Å². The zero-order chi connectivity index (χ0) is 16.9. The molecule has 0 fully saturated rings. The van der Waals surface area contributed by atoms with Crippen molar-refractivity contribution in [1.29, 1.82) is 0 Å². The Balaban J connectivity index is 3.43. The van der Waals surface area contributed by atoms with Crippen LogP contribution in [0.4, 0.5) is 0 Å². The van der Waals surface area contributed by atoms with Gasteiger partial charge in [0.05, 0.1) is 21.1 Å². The van der Waals surface area contributed by atoms with Crippen LogP contribution in [-0.4, -0.2) is 49.8 Å². The summed E-state index contributed by atoms with van der Waals surface area (Å²) in [7, 11) is 2.77. The molecule has 133 valence electrons. The Hall–Kier alpha value is 0.110. The highest BCUT2D eigenvalue weighted by atomic mass is 31.2. The van der Waals surface area contributed by atoms with Crippen molar-refractivity contribution >= 4 is 7.60 Å². The smallest absolute Gasteiger partial charge is 0.328 e. The fraction of sp³-hybridized carbons (Fsp3) is 0.941. The lowest BCUT2D eigenvalue weighted by molar-refractivity contribution is -0.870. The Bertz CT molecular complexity index is 303. The molecule has 0 amide bonds. The zero-order valence-electron chi connectivity index (χ0n) is 15.1. The quantitative estimate of drug-likeness (QED) is 0.270. The summed E-state index contributed by atoms with van der Waals surface area (Å²) in [5.41, 5.74) is 0. The van der Waals surface area contributed by atoms with Crippen molar-refractivity contribution in [3.8, 4) is 0 Å². The number of hydrogen-bond donors (Lipinski definition) is 1. The molecule has 0 saturated heterocycles. The van der Waals surface area contributed by atoms with E-state index in [-0.39, 0.29) is 0 Å². The first-order chi connectivity index (χ1) is 10.3. The van der Waals surface area contributed by atoms with Gasteiger partial charge in [-0.25, -0.2) is 0 Å². The van der Waals surface area contributed by atoms with Gasteiger partial charge in [-0.1, -0.05) is 64.7 Å². The molecule has 1 radical (unpaired) electrons. The van der Waals surface area contributed by atoms with Crippen molar-refractivity contribution in [1.82, 2.24) is 0 Å². The van der Waals surface area contributed by atoms with Gasteiger partial charge in [-0.15, -0.1) is 0 Å². The van der Waals surface area contributed by atoms with Crippen molar-refractivity contribution in [2.45, 2.75) is 64.2 Å². The van der Waals surface area contributed by atoms with E-state index < -0.39 is 7.60 Å². The lowest BCUT2D eigenvalue weighted by atomic mass is 10.1. The third kappa shape index (κ3) is 16.5. The van der Waals surface area contributed by atoms with Crippen LogP contribution in [0.15, 0.2) is 0 Å². The minimum absolute atomic E-state index is 0.299. The lowest BCUT2D eigenvalue weighted by Gasteiger charge is -2.24. The molecule has 0 aromatic carbocycles. The molecular formula is C17H38NO3P+. The van der Waals surface area contributed by atoms with Gasteiger partial charge in [-0.05, 0) is 6.42 Å². The van der Waals surface area contributed by atoms with E-state index in [2.05, 4.69) is 6.92 Å². The van der Waals surface area contributed by atoms with Crippen LogP contribution in [0.25, 0.3) is 0 Å². The Morgan fingerprint density at radius 3 is 1.82 bits per heavy atom. The molecule has 0 aromatic heterocycles. The van der Waals surface area contributed by atoms with E-state index in [0.29, 0.717) is 12.8 Å². The van der Waals surface area contributed by atoms with Crippen molar-refractivity contribution in [2.75, 3.05) is 40.5 Å². The summed E-state index contributed by atoms with van der Waals surface area (Å²) < 4.78 is 17.8. The van der Waals surface area contributed by atoms with Gasteiger partial charge in [0.15, 0.2) is 0 Å². The highest BCUT2D eigenvalue weighted by molar-refractivity contribution is 7.52. The average molecular weight is 335 g/mol. The predicted molar refractivity (Wildman–Crippen MR) is 95.1 cm³/mol. The molecule has 0 aliphatic carbocycles. The van der Waals surface area contributed by atoms with Crippen molar-refractivity contribution in [3.05, 3.63) is 6.92 Å². The molecule has 5 heteroatoms. The molecule has 0 rings (SSSR count). The number of rotatable bonds is 15. The van der Waals surface area contributed by atoms with E-state index in [1.165, 1.54) is 38.5 Å². The van der Waals surface area contributed by atoms with Gasteiger partial charge >= 0.3 is 7.60 Å². The number of unbranched alkanes of at least 4 members (excludes halogenated alkanes) is 9. The Morgan fingerprint density at radius 1 is 0.909 bits per heavy atom. The summed E-state index contributed by atoms with van der Waals surface area (Å²) in [6.45, 7) is 4.95. The minimum atomic E-state index is -3.37. The summed E-state index contributed by atoms with van der Waals surface area (Å²) in [6.07, 6.45) is 12.0. The second-order valence-electron chi connectivity index (χ2n) is 7.24. The molecule has 0 bridgehead atoms. The van der Waals surface area contributed by atoms with Gasteiger partial charge in [-0.2, -0.15) is 0 Å². The summed E-state index contributed by atoms with van der Waals surface area (Å²) in [6, 6.07) is 0. The molecule has 0 aliphatic heterocycles. The fourth-order valence-electron chi connectivity index (χ4n) is 2.25. The second-order valence-corrected chi connectivity index (χ2v) is 9.22. The van der Waals surface area contributed by atoms with Gasteiger partial charge < -0.3 is 13.9 Å². The SMILES string of the molecule is [CH2]CCCCCCCCCCCP(=O)(O)OCC[N+](C)(C)C. The van der Waals surface area contributed by atoms with Gasteiger partial charge in [0.25, 0.3) is 0 Å². The van der Waals surface area contributed by atoms with Crippen molar-refractivity contribution in [2.24, 2.45) is 0 Å². The third-order valence-corrected chi connectivity index (χ3v) is 5.21. The van der Waals surface area contributed by atoms with Crippen LogP contribution in [0.5, 0.6) is 0 Å². The number of nitrogens with zero attached hydrogens (tertiary/aromatic N) is 1. The minimum Gasteiger partial charge on any atom is -0.329 e. The highest BCUT2D eigenvalue weighted by Crippen LogP contribution is 2.42. The summed E-state index contributed by atoms with van der Waals surface area (Å²) >= 11 is 0. The van der Waals surface area contributed by atoms with Gasteiger partial charge in [0.1, 0.15) is 13.2 Å². The molecule has 0 aliphatic rings. The van der Waals surface area contributed by atoms with Crippen LogP contribution in [0, 0.1) is 6.92 Å². The first kappa shape index (κ1) is 22.1. The summed E-state index contributed by atoms with van der Waals surface area (Å²) in [4.78, 5) is 9.76. The number of hydrogen-bond acceptors (Lipinski definition) is 2. The maximum Gasteiger partial charge on any atom is 0.328 e.